The Morgan fingerprint density at radius 2 is 1.74 bits per heavy atom. The topological polar surface area (TPSA) is 17.8 Å². The third-order valence-electron chi connectivity index (χ3n) is 5.29. The fourth-order valence-electron chi connectivity index (χ4n) is 4.11. The largest absolute Gasteiger partial charge is 0.293 e. The van der Waals surface area contributed by atoms with Crippen LogP contribution in [0.5, 0.6) is 0 Å². The van der Waals surface area contributed by atoms with Gasteiger partial charge in [0.1, 0.15) is 5.82 Å². The van der Waals surface area contributed by atoms with Crippen LogP contribution in [-0.4, -0.2) is 9.55 Å². The average Bonchev–Trinajstić information content (AvgIpc) is 2.87. The van der Waals surface area contributed by atoms with Crippen molar-refractivity contribution in [2.45, 2.75) is 26.2 Å². The maximum Gasteiger partial charge on any atom is 0.141 e. The normalized spacial score (nSPS) is 15.1. The Balaban J connectivity index is 2.14. The third kappa shape index (κ3) is 1.46. The number of fused-ring (bicyclic) bond motifs is 5. The van der Waals surface area contributed by atoms with E-state index in [0.717, 1.165) is 5.82 Å². The van der Waals surface area contributed by atoms with Crippen LogP contribution in [0.4, 0.5) is 0 Å². The van der Waals surface area contributed by atoms with Crippen LogP contribution < -0.4 is 0 Å². The van der Waals surface area contributed by atoms with Crippen molar-refractivity contribution in [3.05, 3.63) is 71.4 Å². The van der Waals surface area contributed by atoms with Gasteiger partial charge in [0, 0.05) is 27.9 Å². The molecule has 0 unspecified atom stereocenters. The van der Waals surface area contributed by atoms with Crippen molar-refractivity contribution in [2.75, 3.05) is 0 Å². The first kappa shape index (κ1) is 12.9. The number of pyridine rings is 1. The fraction of sp³-hybridized carbons (Fsp3) is 0.190. The van der Waals surface area contributed by atoms with Crippen LogP contribution in [0.2, 0.25) is 0 Å². The molecule has 0 bridgehead atoms. The zero-order chi connectivity index (χ0) is 15.8. The summed E-state index contributed by atoms with van der Waals surface area (Å²) in [6, 6.07) is 17.7. The lowest BCUT2D eigenvalue weighted by molar-refractivity contribution is 0.624. The van der Waals surface area contributed by atoms with Gasteiger partial charge >= 0.3 is 0 Å². The van der Waals surface area contributed by atoms with Gasteiger partial charge in [0.05, 0.1) is 11.0 Å². The van der Waals surface area contributed by atoms with E-state index in [2.05, 4.69) is 67.8 Å². The lowest BCUT2D eigenvalue weighted by Gasteiger charge is -2.33. The molecule has 0 fully saturated rings. The Morgan fingerprint density at radius 1 is 0.913 bits per heavy atom. The van der Waals surface area contributed by atoms with Gasteiger partial charge in [0.25, 0.3) is 0 Å². The van der Waals surface area contributed by atoms with E-state index in [1.54, 1.807) is 0 Å². The van der Waals surface area contributed by atoms with Crippen molar-refractivity contribution >= 4 is 21.8 Å². The molecule has 0 spiro atoms. The monoisotopic (exact) mass is 298 g/mol. The average molecular weight is 298 g/mol. The minimum atomic E-state index is -0.0392. The van der Waals surface area contributed by atoms with Crippen LogP contribution >= 0.6 is 0 Å². The number of hydrogen-bond donors (Lipinski definition) is 0. The van der Waals surface area contributed by atoms with E-state index in [4.69, 9.17) is 4.98 Å². The summed E-state index contributed by atoms with van der Waals surface area (Å²) in [5, 5.41) is 2.63. The molecule has 0 aliphatic carbocycles. The second-order valence-corrected chi connectivity index (χ2v) is 7.06. The number of aryl methyl sites for hydroxylation is 1. The lowest BCUT2D eigenvalue weighted by Crippen LogP contribution is -2.26. The number of nitrogens with zero attached hydrogens (tertiary/aromatic N) is 2. The molecule has 3 heterocycles. The van der Waals surface area contributed by atoms with Gasteiger partial charge in [0.15, 0.2) is 0 Å². The summed E-state index contributed by atoms with van der Waals surface area (Å²) in [7, 11) is 0. The highest BCUT2D eigenvalue weighted by Gasteiger charge is 2.35. The quantitative estimate of drug-likeness (QED) is 0.440. The van der Waals surface area contributed by atoms with Gasteiger partial charge in [-0.25, -0.2) is 4.98 Å². The van der Waals surface area contributed by atoms with Gasteiger partial charge < -0.3 is 0 Å². The SMILES string of the molecule is Cc1ccc2c3cccc4c3n(c2c1)-c1ncccc1C4(C)C. The summed E-state index contributed by atoms with van der Waals surface area (Å²) in [5.74, 6) is 1.07. The standard InChI is InChI=1S/C21H18N2/c1-13-9-10-14-15-6-4-7-16-19(15)23(18(14)12-13)20-17(21(16,2)3)8-5-11-22-20/h4-12H,1-3H3. The van der Waals surface area contributed by atoms with E-state index in [-0.39, 0.29) is 5.41 Å². The molecular weight excluding hydrogens is 280 g/mol. The fourth-order valence-corrected chi connectivity index (χ4v) is 4.11. The van der Waals surface area contributed by atoms with E-state index in [1.807, 2.05) is 12.3 Å². The van der Waals surface area contributed by atoms with Crippen molar-refractivity contribution in [2.24, 2.45) is 0 Å². The van der Waals surface area contributed by atoms with Gasteiger partial charge in [-0.05, 0) is 30.2 Å². The molecule has 112 valence electrons. The highest BCUT2D eigenvalue weighted by atomic mass is 15.1. The highest BCUT2D eigenvalue weighted by Crippen LogP contribution is 2.46. The Bertz CT molecular complexity index is 1100. The molecule has 1 aliphatic rings. The molecule has 5 rings (SSSR count). The van der Waals surface area contributed by atoms with Crippen molar-refractivity contribution in [3.63, 3.8) is 0 Å². The van der Waals surface area contributed by atoms with Crippen LogP contribution in [-0.2, 0) is 5.41 Å². The Kier molecular flexibility index (Phi) is 2.25. The first-order chi connectivity index (χ1) is 11.1. The summed E-state index contributed by atoms with van der Waals surface area (Å²) in [4.78, 5) is 4.75. The minimum absolute atomic E-state index is 0.0392. The maximum absolute atomic E-state index is 4.75. The minimum Gasteiger partial charge on any atom is -0.293 e. The van der Waals surface area contributed by atoms with E-state index in [1.165, 1.54) is 38.5 Å². The summed E-state index contributed by atoms with van der Waals surface area (Å²) in [5.41, 5.74) is 6.47. The molecule has 0 saturated carbocycles. The van der Waals surface area contributed by atoms with E-state index in [9.17, 15) is 0 Å². The molecule has 23 heavy (non-hydrogen) atoms. The third-order valence-corrected chi connectivity index (χ3v) is 5.29. The lowest BCUT2D eigenvalue weighted by atomic mass is 9.76. The number of aromatic nitrogens is 2. The van der Waals surface area contributed by atoms with Crippen molar-refractivity contribution in [1.82, 2.24) is 9.55 Å². The Labute approximate surface area is 135 Å². The Morgan fingerprint density at radius 3 is 2.61 bits per heavy atom. The first-order valence-corrected chi connectivity index (χ1v) is 8.09. The molecule has 0 radical (unpaired) electrons. The van der Waals surface area contributed by atoms with E-state index >= 15 is 0 Å². The van der Waals surface area contributed by atoms with Crippen LogP contribution in [0.3, 0.4) is 0 Å². The molecule has 4 aromatic rings. The van der Waals surface area contributed by atoms with E-state index in [0.29, 0.717) is 0 Å². The van der Waals surface area contributed by atoms with Crippen LogP contribution in [0.15, 0.2) is 54.7 Å². The maximum atomic E-state index is 4.75. The summed E-state index contributed by atoms with van der Waals surface area (Å²) in [6.07, 6.45) is 1.90. The Hall–Kier alpha value is -2.61. The number of hydrogen-bond acceptors (Lipinski definition) is 1. The van der Waals surface area contributed by atoms with Crippen molar-refractivity contribution in [1.29, 1.82) is 0 Å². The summed E-state index contributed by atoms with van der Waals surface area (Å²) >= 11 is 0. The molecule has 0 N–H and O–H groups in total. The molecule has 0 atom stereocenters. The van der Waals surface area contributed by atoms with Crippen LogP contribution in [0.25, 0.3) is 27.6 Å². The summed E-state index contributed by atoms with van der Waals surface area (Å²) in [6.45, 7) is 6.75. The number of para-hydroxylation sites is 1. The van der Waals surface area contributed by atoms with Crippen LogP contribution in [0.1, 0.15) is 30.5 Å². The molecule has 2 nitrogen and oxygen atoms in total. The zero-order valence-electron chi connectivity index (χ0n) is 13.6. The highest BCUT2D eigenvalue weighted by molar-refractivity contribution is 6.11. The van der Waals surface area contributed by atoms with Gasteiger partial charge in [-0.1, -0.05) is 50.2 Å². The number of rotatable bonds is 0. The second-order valence-electron chi connectivity index (χ2n) is 7.06. The zero-order valence-corrected chi connectivity index (χ0v) is 13.6. The molecule has 0 saturated heterocycles. The van der Waals surface area contributed by atoms with Crippen LogP contribution in [0, 0.1) is 6.92 Å². The van der Waals surface area contributed by atoms with Gasteiger partial charge in [-0.15, -0.1) is 0 Å². The molecular formula is C21H18N2. The molecule has 0 amide bonds. The van der Waals surface area contributed by atoms with E-state index < -0.39 is 0 Å². The van der Waals surface area contributed by atoms with Gasteiger partial charge in [0.2, 0.25) is 0 Å². The predicted molar refractivity (Wildman–Crippen MR) is 95.4 cm³/mol. The molecule has 1 aliphatic heterocycles. The second kappa shape index (κ2) is 4.02. The van der Waals surface area contributed by atoms with Crippen molar-refractivity contribution < 1.29 is 0 Å². The smallest absolute Gasteiger partial charge is 0.141 e. The number of benzene rings is 2. The molecule has 2 aromatic heterocycles. The predicted octanol–water partition coefficient (Wildman–Crippen LogP) is 5.13. The summed E-state index contributed by atoms with van der Waals surface area (Å²) < 4.78 is 2.35. The molecule has 2 heteroatoms. The molecule has 2 aromatic carbocycles. The first-order valence-electron chi connectivity index (χ1n) is 8.09. The van der Waals surface area contributed by atoms with Gasteiger partial charge in [-0.3, -0.25) is 4.57 Å². The van der Waals surface area contributed by atoms with Gasteiger partial charge in [-0.2, -0.15) is 0 Å². The van der Waals surface area contributed by atoms with Crippen molar-refractivity contribution in [3.8, 4) is 5.82 Å².